The Morgan fingerprint density at radius 2 is 2.00 bits per heavy atom. The van der Waals surface area contributed by atoms with Crippen molar-refractivity contribution in [3.63, 3.8) is 0 Å². The molecule has 5 heteroatoms. The van der Waals surface area contributed by atoms with E-state index in [0.29, 0.717) is 30.0 Å². The Morgan fingerprint density at radius 1 is 1.22 bits per heavy atom. The monoisotopic (exact) mass is 310 g/mol. The Balaban J connectivity index is 1.61. The van der Waals surface area contributed by atoms with Gasteiger partial charge in [-0.15, -0.1) is 0 Å². The van der Waals surface area contributed by atoms with Crippen LogP contribution in [0.3, 0.4) is 0 Å². The van der Waals surface area contributed by atoms with E-state index in [2.05, 4.69) is 10.6 Å². The Morgan fingerprint density at radius 3 is 2.78 bits per heavy atom. The Kier molecular flexibility index (Phi) is 4.28. The van der Waals surface area contributed by atoms with E-state index in [4.69, 9.17) is 4.74 Å². The number of carbonyl (C=O) groups excluding carboxylic acids is 2. The van der Waals surface area contributed by atoms with Crippen LogP contribution in [-0.4, -0.2) is 17.9 Å². The fourth-order valence-electron chi connectivity index (χ4n) is 2.41. The topological polar surface area (TPSA) is 67.4 Å². The maximum absolute atomic E-state index is 12.0. The zero-order valence-corrected chi connectivity index (χ0v) is 12.8. The van der Waals surface area contributed by atoms with E-state index in [0.717, 1.165) is 5.56 Å². The first-order valence-corrected chi connectivity index (χ1v) is 7.57. The predicted octanol–water partition coefficient (Wildman–Crippen LogP) is 2.98. The Hall–Kier alpha value is -2.82. The van der Waals surface area contributed by atoms with Gasteiger partial charge in [-0.05, 0) is 37.1 Å². The average Bonchev–Trinajstić information content (AvgIpc) is 2.55. The highest BCUT2D eigenvalue weighted by Gasteiger charge is 2.23. The maximum atomic E-state index is 12.0. The van der Waals surface area contributed by atoms with Gasteiger partial charge in [-0.3, -0.25) is 9.59 Å². The summed E-state index contributed by atoms with van der Waals surface area (Å²) in [7, 11) is 0. The average molecular weight is 310 g/mol. The van der Waals surface area contributed by atoms with Crippen molar-refractivity contribution in [1.82, 2.24) is 0 Å². The molecule has 0 aromatic heterocycles. The lowest BCUT2D eigenvalue weighted by atomic mass is 10.1. The summed E-state index contributed by atoms with van der Waals surface area (Å²) >= 11 is 0. The largest absolute Gasteiger partial charge is 0.479 e. The first-order chi connectivity index (χ1) is 11.1. The Bertz CT molecular complexity index is 728. The summed E-state index contributed by atoms with van der Waals surface area (Å²) in [6.07, 6.45) is 0.587. The van der Waals surface area contributed by atoms with Crippen molar-refractivity contribution in [1.29, 1.82) is 0 Å². The van der Waals surface area contributed by atoms with Gasteiger partial charge < -0.3 is 15.4 Å². The van der Waals surface area contributed by atoms with Gasteiger partial charge in [0.25, 0.3) is 5.91 Å². The van der Waals surface area contributed by atoms with Gasteiger partial charge in [-0.2, -0.15) is 0 Å². The van der Waals surface area contributed by atoms with Crippen LogP contribution in [0.5, 0.6) is 5.75 Å². The number of aryl methyl sites for hydroxylation is 1. The summed E-state index contributed by atoms with van der Waals surface area (Å²) in [4.78, 5) is 23.7. The van der Waals surface area contributed by atoms with Crippen molar-refractivity contribution < 1.29 is 14.3 Å². The van der Waals surface area contributed by atoms with Gasteiger partial charge >= 0.3 is 0 Å². The fourth-order valence-corrected chi connectivity index (χ4v) is 2.41. The number of carbonyl (C=O) groups is 2. The molecule has 3 rings (SSSR count). The molecule has 1 aliphatic heterocycles. The normalized spacial score (nSPS) is 16.0. The predicted molar refractivity (Wildman–Crippen MR) is 88.6 cm³/mol. The van der Waals surface area contributed by atoms with Gasteiger partial charge in [0, 0.05) is 12.1 Å². The highest BCUT2D eigenvalue weighted by Crippen LogP contribution is 2.32. The smallest absolute Gasteiger partial charge is 0.265 e. The molecule has 118 valence electrons. The molecule has 2 aromatic rings. The number of nitrogens with one attached hydrogen (secondary N) is 2. The van der Waals surface area contributed by atoms with Crippen molar-refractivity contribution in [2.45, 2.75) is 25.9 Å². The minimum absolute atomic E-state index is 0.0646. The molecule has 0 bridgehead atoms. The lowest BCUT2D eigenvalue weighted by molar-refractivity contribution is -0.122. The highest BCUT2D eigenvalue weighted by atomic mass is 16.5. The quantitative estimate of drug-likeness (QED) is 0.912. The Labute approximate surface area is 134 Å². The molecule has 23 heavy (non-hydrogen) atoms. The molecule has 5 nitrogen and oxygen atoms in total. The molecule has 0 radical (unpaired) electrons. The summed E-state index contributed by atoms with van der Waals surface area (Å²) in [6, 6.07) is 15.1. The third kappa shape index (κ3) is 3.69. The van der Waals surface area contributed by atoms with Gasteiger partial charge in [0.1, 0.15) is 5.75 Å². The molecule has 1 aliphatic rings. The van der Waals surface area contributed by atoms with Crippen LogP contribution in [-0.2, 0) is 16.0 Å². The molecule has 2 N–H and O–H groups in total. The summed E-state index contributed by atoms with van der Waals surface area (Å²) < 4.78 is 5.48. The fraction of sp³-hybridized carbons (Fsp3) is 0.222. The molecule has 0 fully saturated rings. The standard InChI is InChI=1S/C18H18N2O3/c1-12-18(22)20-15-11-14(8-9-16(15)23-12)19-17(21)10-7-13-5-3-2-4-6-13/h2-6,8-9,11-12H,7,10H2,1H3,(H,19,21)(H,20,22)/t12-/m0/s1. The molecular weight excluding hydrogens is 292 g/mol. The van der Waals surface area contributed by atoms with Crippen molar-refractivity contribution in [3.8, 4) is 5.75 Å². The van der Waals surface area contributed by atoms with Crippen LogP contribution in [0, 0.1) is 0 Å². The van der Waals surface area contributed by atoms with Crippen molar-refractivity contribution in [2.24, 2.45) is 0 Å². The molecule has 1 heterocycles. The minimum atomic E-state index is -0.506. The van der Waals surface area contributed by atoms with Crippen molar-refractivity contribution >= 4 is 23.2 Å². The van der Waals surface area contributed by atoms with Crippen LogP contribution in [0.2, 0.25) is 0 Å². The second-order valence-electron chi connectivity index (χ2n) is 5.49. The summed E-state index contributed by atoms with van der Waals surface area (Å²) in [5.74, 6) is 0.356. The van der Waals surface area contributed by atoms with Crippen LogP contribution in [0.25, 0.3) is 0 Å². The molecule has 1 atom stereocenters. The second kappa shape index (κ2) is 6.52. The van der Waals surface area contributed by atoms with Gasteiger partial charge in [0.2, 0.25) is 5.91 Å². The molecule has 0 unspecified atom stereocenters. The van der Waals surface area contributed by atoms with Crippen LogP contribution in [0.1, 0.15) is 18.9 Å². The number of rotatable bonds is 4. The minimum Gasteiger partial charge on any atom is -0.479 e. The lowest BCUT2D eigenvalue weighted by Crippen LogP contribution is -2.34. The molecule has 2 aromatic carbocycles. The van der Waals surface area contributed by atoms with Crippen molar-refractivity contribution in [3.05, 3.63) is 54.1 Å². The molecule has 0 saturated heterocycles. The van der Waals surface area contributed by atoms with E-state index in [-0.39, 0.29) is 11.8 Å². The summed E-state index contributed by atoms with van der Waals surface area (Å²) in [6.45, 7) is 1.69. The molecule has 0 spiro atoms. The van der Waals surface area contributed by atoms with E-state index in [1.54, 1.807) is 25.1 Å². The third-order valence-electron chi connectivity index (χ3n) is 3.68. The highest BCUT2D eigenvalue weighted by molar-refractivity contribution is 5.99. The van der Waals surface area contributed by atoms with Crippen LogP contribution < -0.4 is 15.4 Å². The second-order valence-corrected chi connectivity index (χ2v) is 5.49. The van der Waals surface area contributed by atoms with Crippen LogP contribution in [0.15, 0.2) is 48.5 Å². The van der Waals surface area contributed by atoms with Crippen LogP contribution >= 0.6 is 0 Å². The zero-order valence-electron chi connectivity index (χ0n) is 12.8. The molecular formula is C18H18N2O3. The molecule has 0 aliphatic carbocycles. The lowest BCUT2D eigenvalue weighted by Gasteiger charge is -2.23. The van der Waals surface area contributed by atoms with Gasteiger partial charge in [0.05, 0.1) is 5.69 Å². The molecule has 2 amide bonds. The summed E-state index contributed by atoms with van der Waals surface area (Å²) in [5, 5.41) is 5.61. The third-order valence-corrected chi connectivity index (χ3v) is 3.68. The number of anilines is 2. The van der Waals surface area contributed by atoms with Crippen molar-refractivity contribution in [2.75, 3.05) is 10.6 Å². The van der Waals surface area contributed by atoms with E-state index in [1.165, 1.54) is 0 Å². The number of amides is 2. The van der Waals surface area contributed by atoms with E-state index in [1.807, 2.05) is 30.3 Å². The number of fused-ring (bicyclic) bond motifs is 1. The van der Waals surface area contributed by atoms with Gasteiger partial charge in [-0.1, -0.05) is 30.3 Å². The van der Waals surface area contributed by atoms with Crippen LogP contribution in [0.4, 0.5) is 11.4 Å². The summed E-state index contributed by atoms with van der Waals surface area (Å²) in [5.41, 5.74) is 2.34. The number of hydrogen-bond donors (Lipinski definition) is 2. The number of benzene rings is 2. The van der Waals surface area contributed by atoms with E-state index in [9.17, 15) is 9.59 Å². The maximum Gasteiger partial charge on any atom is 0.265 e. The zero-order chi connectivity index (χ0) is 16.2. The molecule has 0 saturated carbocycles. The first-order valence-electron chi connectivity index (χ1n) is 7.57. The first kappa shape index (κ1) is 15.1. The SMILES string of the molecule is C[C@@H]1Oc2ccc(NC(=O)CCc3ccccc3)cc2NC1=O. The van der Waals surface area contributed by atoms with Gasteiger partial charge in [-0.25, -0.2) is 0 Å². The number of ether oxygens (including phenoxy) is 1. The van der Waals surface area contributed by atoms with E-state index >= 15 is 0 Å². The number of hydrogen-bond acceptors (Lipinski definition) is 3. The van der Waals surface area contributed by atoms with E-state index < -0.39 is 6.10 Å². The van der Waals surface area contributed by atoms with Gasteiger partial charge in [0.15, 0.2) is 6.10 Å².